The van der Waals surface area contributed by atoms with Crippen LogP contribution in [-0.2, 0) is 0 Å². The zero-order chi connectivity index (χ0) is 11.8. The van der Waals surface area contributed by atoms with Crippen molar-refractivity contribution in [3.63, 3.8) is 0 Å². The molecule has 86 valence electrons. The van der Waals surface area contributed by atoms with Crippen molar-refractivity contribution < 1.29 is 9.63 Å². The molecule has 3 aromatic rings. The van der Waals surface area contributed by atoms with Crippen molar-refractivity contribution in [2.75, 3.05) is 0 Å². The molecule has 3 aromatic heterocycles. The largest absolute Gasteiger partial charge is 0.387 e. The second-order valence-electron chi connectivity index (χ2n) is 3.79. The van der Waals surface area contributed by atoms with Crippen LogP contribution < -0.4 is 0 Å². The molecule has 0 saturated heterocycles. The van der Waals surface area contributed by atoms with Crippen LogP contribution in [0.3, 0.4) is 0 Å². The summed E-state index contributed by atoms with van der Waals surface area (Å²) in [5, 5.41) is 16.4. The van der Waals surface area contributed by atoms with Gasteiger partial charge < -0.3 is 9.63 Å². The lowest BCUT2D eigenvalue weighted by atomic mass is 10.2. The number of aliphatic hydroxyl groups excluding tert-OH is 1. The Kier molecular flexibility index (Phi) is 2.42. The minimum absolute atomic E-state index is 0.523. The molecule has 0 bridgehead atoms. The van der Waals surface area contributed by atoms with Gasteiger partial charge in [-0.05, 0) is 29.8 Å². The molecule has 1 N–H and O–H groups in total. The first-order valence-corrected chi connectivity index (χ1v) is 6.11. The first-order chi connectivity index (χ1) is 8.25. The average Bonchev–Trinajstić information content (AvgIpc) is 2.97. The number of aromatic nitrogens is 2. The van der Waals surface area contributed by atoms with E-state index in [0.29, 0.717) is 11.5 Å². The minimum Gasteiger partial charge on any atom is -0.387 e. The molecule has 4 nitrogen and oxygen atoms in total. The fraction of sp³-hybridized carbons (Fsp3) is 0.167. The van der Waals surface area contributed by atoms with Crippen LogP contribution in [0, 0.1) is 0 Å². The first kappa shape index (κ1) is 10.4. The molecule has 5 heteroatoms. The van der Waals surface area contributed by atoms with Crippen LogP contribution in [0.4, 0.5) is 0 Å². The third-order valence-electron chi connectivity index (χ3n) is 2.56. The van der Waals surface area contributed by atoms with Gasteiger partial charge in [-0.15, -0.1) is 11.3 Å². The Balaban J connectivity index is 2.16. The van der Waals surface area contributed by atoms with Crippen molar-refractivity contribution in [1.82, 2.24) is 10.1 Å². The molecule has 0 aromatic carbocycles. The van der Waals surface area contributed by atoms with E-state index >= 15 is 0 Å². The van der Waals surface area contributed by atoms with Crippen molar-refractivity contribution in [3.8, 4) is 11.5 Å². The van der Waals surface area contributed by atoms with E-state index in [1.807, 2.05) is 17.5 Å². The first-order valence-electron chi connectivity index (χ1n) is 5.23. The van der Waals surface area contributed by atoms with Crippen LogP contribution >= 0.6 is 11.3 Å². The molecular formula is C12H10N2O2S. The summed E-state index contributed by atoms with van der Waals surface area (Å²) in [4.78, 5) is 4.32. The van der Waals surface area contributed by atoms with Crippen molar-refractivity contribution in [1.29, 1.82) is 0 Å². The molecule has 0 aliphatic rings. The molecule has 0 saturated carbocycles. The standard InChI is InChI=1S/C12H10N2O2S/c1-7(15)9-6-10(16-14-9)11-12-8(2-4-13-11)3-5-17-12/h2-7,15H,1H3. The number of fused-ring (bicyclic) bond motifs is 1. The molecule has 1 unspecified atom stereocenters. The fourth-order valence-corrected chi connectivity index (χ4v) is 2.55. The van der Waals surface area contributed by atoms with Gasteiger partial charge in [-0.1, -0.05) is 5.16 Å². The van der Waals surface area contributed by atoms with Gasteiger partial charge in [0.2, 0.25) is 0 Å². The van der Waals surface area contributed by atoms with Crippen LogP contribution in [0.25, 0.3) is 21.5 Å². The quantitative estimate of drug-likeness (QED) is 0.755. The third kappa shape index (κ3) is 1.73. The van der Waals surface area contributed by atoms with Crippen LogP contribution in [0.1, 0.15) is 18.7 Å². The number of nitrogens with zero attached hydrogens (tertiary/aromatic N) is 2. The number of rotatable bonds is 2. The molecule has 0 amide bonds. The Hall–Kier alpha value is -1.72. The van der Waals surface area contributed by atoms with Gasteiger partial charge in [0.15, 0.2) is 5.76 Å². The highest BCUT2D eigenvalue weighted by Crippen LogP contribution is 2.31. The molecule has 3 rings (SSSR count). The summed E-state index contributed by atoms with van der Waals surface area (Å²) in [5.74, 6) is 0.592. The minimum atomic E-state index is -0.630. The predicted molar refractivity (Wildman–Crippen MR) is 65.8 cm³/mol. The van der Waals surface area contributed by atoms with E-state index in [-0.39, 0.29) is 0 Å². The normalized spacial score (nSPS) is 13.1. The highest BCUT2D eigenvalue weighted by molar-refractivity contribution is 7.17. The van der Waals surface area contributed by atoms with Crippen LogP contribution in [0.15, 0.2) is 34.3 Å². The molecule has 0 radical (unpaired) electrons. The van der Waals surface area contributed by atoms with Crippen molar-refractivity contribution in [3.05, 3.63) is 35.5 Å². The number of pyridine rings is 1. The summed E-state index contributed by atoms with van der Waals surface area (Å²) in [6.45, 7) is 1.65. The summed E-state index contributed by atoms with van der Waals surface area (Å²) in [7, 11) is 0. The Morgan fingerprint density at radius 1 is 1.41 bits per heavy atom. The second kappa shape index (κ2) is 3.94. The fourth-order valence-electron chi connectivity index (χ4n) is 1.67. The molecule has 0 fully saturated rings. The van der Waals surface area contributed by atoms with E-state index in [1.54, 1.807) is 30.5 Å². The average molecular weight is 246 g/mol. The van der Waals surface area contributed by atoms with Gasteiger partial charge in [0.05, 0.1) is 10.8 Å². The molecule has 0 aliphatic carbocycles. The maximum atomic E-state index is 9.42. The van der Waals surface area contributed by atoms with Crippen molar-refractivity contribution in [2.45, 2.75) is 13.0 Å². The van der Waals surface area contributed by atoms with Gasteiger partial charge >= 0.3 is 0 Å². The lowest BCUT2D eigenvalue weighted by Gasteiger charge is -1.96. The van der Waals surface area contributed by atoms with Crippen molar-refractivity contribution >= 4 is 21.4 Å². The zero-order valence-corrected chi connectivity index (χ0v) is 9.94. The summed E-state index contributed by atoms with van der Waals surface area (Å²) in [6.07, 6.45) is 1.12. The number of thiophene rings is 1. The van der Waals surface area contributed by atoms with E-state index in [1.165, 1.54) is 0 Å². The van der Waals surface area contributed by atoms with Gasteiger partial charge in [-0.25, -0.2) is 0 Å². The highest BCUT2D eigenvalue weighted by atomic mass is 32.1. The van der Waals surface area contributed by atoms with Gasteiger partial charge in [0.1, 0.15) is 11.4 Å². The zero-order valence-electron chi connectivity index (χ0n) is 9.12. The van der Waals surface area contributed by atoms with Crippen molar-refractivity contribution in [2.24, 2.45) is 0 Å². The summed E-state index contributed by atoms with van der Waals surface area (Å²) >= 11 is 1.61. The molecule has 0 spiro atoms. The SMILES string of the molecule is CC(O)c1cc(-c2nccc3ccsc23)on1. The van der Waals surface area contributed by atoms with Gasteiger partial charge in [0, 0.05) is 12.3 Å². The summed E-state index contributed by atoms with van der Waals surface area (Å²) in [5.41, 5.74) is 1.30. The van der Waals surface area contributed by atoms with E-state index in [2.05, 4.69) is 10.1 Å². The molecule has 17 heavy (non-hydrogen) atoms. The van der Waals surface area contributed by atoms with E-state index < -0.39 is 6.10 Å². The van der Waals surface area contributed by atoms with E-state index in [4.69, 9.17) is 4.52 Å². The highest BCUT2D eigenvalue weighted by Gasteiger charge is 2.14. The molecule has 3 heterocycles. The van der Waals surface area contributed by atoms with Gasteiger partial charge in [-0.3, -0.25) is 4.98 Å². The lowest BCUT2D eigenvalue weighted by Crippen LogP contribution is -1.88. The van der Waals surface area contributed by atoms with Gasteiger partial charge in [-0.2, -0.15) is 0 Å². The van der Waals surface area contributed by atoms with Crippen LogP contribution in [0.2, 0.25) is 0 Å². The van der Waals surface area contributed by atoms with Crippen LogP contribution in [-0.4, -0.2) is 15.2 Å². The van der Waals surface area contributed by atoms with Gasteiger partial charge in [0.25, 0.3) is 0 Å². The molecular weight excluding hydrogens is 236 g/mol. The Bertz CT molecular complexity index is 657. The molecule has 1 atom stereocenters. The van der Waals surface area contributed by atoms with Crippen LogP contribution in [0.5, 0.6) is 0 Å². The number of aliphatic hydroxyl groups is 1. The topological polar surface area (TPSA) is 59.2 Å². The number of hydrogen-bond donors (Lipinski definition) is 1. The predicted octanol–water partition coefficient (Wildman–Crippen LogP) is 3.00. The van der Waals surface area contributed by atoms with E-state index in [0.717, 1.165) is 15.8 Å². The smallest absolute Gasteiger partial charge is 0.187 e. The summed E-state index contributed by atoms with van der Waals surface area (Å²) in [6, 6.07) is 5.73. The maximum Gasteiger partial charge on any atom is 0.187 e. The third-order valence-corrected chi connectivity index (χ3v) is 3.50. The second-order valence-corrected chi connectivity index (χ2v) is 4.71. The Morgan fingerprint density at radius 3 is 3.06 bits per heavy atom. The maximum absolute atomic E-state index is 9.42. The summed E-state index contributed by atoms with van der Waals surface area (Å²) < 4.78 is 6.29. The Morgan fingerprint density at radius 2 is 2.29 bits per heavy atom. The van der Waals surface area contributed by atoms with E-state index in [9.17, 15) is 5.11 Å². The molecule has 0 aliphatic heterocycles. The lowest BCUT2D eigenvalue weighted by molar-refractivity contribution is 0.188. The monoisotopic (exact) mass is 246 g/mol. The Labute approximate surface area is 102 Å². The number of hydrogen-bond acceptors (Lipinski definition) is 5.